The summed E-state index contributed by atoms with van der Waals surface area (Å²) in [6, 6.07) is 16.5. The number of nitrogens with zero attached hydrogens (tertiary/aromatic N) is 4. The SMILES string of the molecule is Cc1cccc(Cc2cncc([C@@H]3CCCN3C(=O)c3ccccc3CN3CCOCC3)n2)c1. The largest absolute Gasteiger partial charge is 0.379 e. The first-order valence-corrected chi connectivity index (χ1v) is 12.2. The zero-order valence-corrected chi connectivity index (χ0v) is 19.8. The number of aryl methyl sites for hydroxylation is 1. The molecule has 0 bridgehead atoms. The molecular formula is C28H32N4O2. The summed E-state index contributed by atoms with van der Waals surface area (Å²) in [4.78, 5) is 27.5. The Bertz CT molecular complexity index is 1140. The highest BCUT2D eigenvalue weighted by Crippen LogP contribution is 2.33. The van der Waals surface area contributed by atoms with E-state index in [4.69, 9.17) is 9.72 Å². The van der Waals surface area contributed by atoms with Gasteiger partial charge in [0.1, 0.15) is 0 Å². The summed E-state index contributed by atoms with van der Waals surface area (Å²) in [5.74, 6) is 0.0947. The third-order valence-corrected chi connectivity index (χ3v) is 6.77. The number of carbonyl (C=O) groups excluding carboxylic acids is 1. The van der Waals surface area contributed by atoms with Gasteiger partial charge in [-0.1, -0.05) is 48.0 Å². The van der Waals surface area contributed by atoms with Gasteiger partial charge in [-0.2, -0.15) is 0 Å². The van der Waals surface area contributed by atoms with Crippen LogP contribution in [0.5, 0.6) is 0 Å². The Balaban J connectivity index is 1.35. The van der Waals surface area contributed by atoms with Crippen LogP contribution in [0.15, 0.2) is 60.9 Å². The highest BCUT2D eigenvalue weighted by atomic mass is 16.5. The van der Waals surface area contributed by atoms with Crippen molar-refractivity contribution in [2.24, 2.45) is 0 Å². The first-order chi connectivity index (χ1) is 16.7. The van der Waals surface area contributed by atoms with E-state index in [1.54, 1.807) is 0 Å². The first-order valence-electron chi connectivity index (χ1n) is 12.2. The van der Waals surface area contributed by atoms with Gasteiger partial charge in [0.2, 0.25) is 0 Å². The molecule has 34 heavy (non-hydrogen) atoms. The lowest BCUT2D eigenvalue weighted by Crippen LogP contribution is -2.37. The van der Waals surface area contributed by atoms with E-state index < -0.39 is 0 Å². The summed E-state index contributed by atoms with van der Waals surface area (Å²) >= 11 is 0. The maximum Gasteiger partial charge on any atom is 0.254 e. The number of benzene rings is 2. The van der Waals surface area contributed by atoms with Crippen LogP contribution in [0.25, 0.3) is 0 Å². The molecule has 5 rings (SSSR count). The van der Waals surface area contributed by atoms with Crippen LogP contribution in [0.4, 0.5) is 0 Å². The van der Waals surface area contributed by atoms with Crippen molar-refractivity contribution in [1.82, 2.24) is 19.8 Å². The minimum atomic E-state index is -0.0334. The lowest BCUT2D eigenvalue weighted by atomic mass is 10.0. The number of ether oxygens (including phenoxy) is 1. The fourth-order valence-electron chi connectivity index (χ4n) is 5.04. The molecule has 1 aromatic heterocycles. The predicted octanol–water partition coefficient (Wildman–Crippen LogP) is 4.19. The van der Waals surface area contributed by atoms with Crippen molar-refractivity contribution in [3.05, 3.63) is 94.6 Å². The van der Waals surface area contributed by atoms with Gasteiger partial charge >= 0.3 is 0 Å². The van der Waals surface area contributed by atoms with Gasteiger partial charge in [-0.3, -0.25) is 19.7 Å². The molecule has 2 aliphatic heterocycles. The zero-order valence-electron chi connectivity index (χ0n) is 19.8. The molecule has 6 heteroatoms. The fraction of sp³-hybridized carbons (Fsp3) is 0.393. The minimum Gasteiger partial charge on any atom is -0.379 e. The molecule has 176 valence electrons. The van der Waals surface area contributed by atoms with Gasteiger partial charge in [0, 0.05) is 44.4 Å². The zero-order chi connectivity index (χ0) is 23.3. The molecule has 0 N–H and O–H groups in total. The number of amides is 1. The fourth-order valence-corrected chi connectivity index (χ4v) is 5.04. The molecule has 3 heterocycles. The second-order valence-corrected chi connectivity index (χ2v) is 9.30. The Morgan fingerprint density at radius 3 is 2.76 bits per heavy atom. The predicted molar refractivity (Wildman–Crippen MR) is 132 cm³/mol. The van der Waals surface area contributed by atoms with Gasteiger partial charge in [-0.15, -0.1) is 0 Å². The van der Waals surface area contributed by atoms with Crippen LogP contribution < -0.4 is 0 Å². The van der Waals surface area contributed by atoms with Crippen LogP contribution >= 0.6 is 0 Å². The third kappa shape index (κ3) is 5.18. The van der Waals surface area contributed by atoms with Gasteiger partial charge in [0.05, 0.1) is 36.8 Å². The molecule has 2 aliphatic rings. The summed E-state index contributed by atoms with van der Waals surface area (Å²) in [5.41, 5.74) is 6.17. The van der Waals surface area contributed by atoms with Gasteiger partial charge in [-0.25, -0.2) is 0 Å². The molecular weight excluding hydrogens is 424 g/mol. The smallest absolute Gasteiger partial charge is 0.254 e. The van der Waals surface area contributed by atoms with Crippen molar-refractivity contribution < 1.29 is 9.53 Å². The third-order valence-electron chi connectivity index (χ3n) is 6.77. The molecule has 0 aliphatic carbocycles. The lowest BCUT2D eigenvalue weighted by Gasteiger charge is -2.29. The van der Waals surface area contributed by atoms with Crippen LogP contribution in [0.3, 0.4) is 0 Å². The Morgan fingerprint density at radius 1 is 1.06 bits per heavy atom. The highest BCUT2D eigenvalue weighted by Gasteiger charge is 2.33. The number of carbonyl (C=O) groups is 1. The van der Waals surface area contributed by atoms with Gasteiger partial charge < -0.3 is 9.64 Å². The van der Waals surface area contributed by atoms with Crippen molar-refractivity contribution in [2.75, 3.05) is 32.8 Å². The van der Waals surface area contributed by atoms with E-state index in [2.05, 4.69) is 47.1 Å². The van der Waals surface area contributed by atoms with Crippen LogP contribution in [0.2, 0.25) is 0 Å². The van der Waals surface area contributed by atoms with Crippen LogP contribution in [-0.2, 0) is 17.7 Å². The van der Waals surface area contributed by atoms with Crippen LogP contribution in [0.1, 0.15) is 57.3 Å². The summed E-state index contributed by atoms with van der Waals surface area (Å²) in [6.07, 6.45) is 6.30. The summed E-state index contributed by atoms with van der Waals surface area (Å²) in [6.45, 7) is 6.93. The van der Waals surface area contributed by atoms with E-state index >= 15 is 0 Å². The quantitative estimate of drug-likeness (QED) is 0.557. The van der Waals surface area contributed by atoms with Gasteiger partial charge in [-0.05, 0) is 37.0 Å². The molecule has 2 saturated heterocycles. The molecule has 1 atom stereocenters. The Kier molecular flexibility index (Phi) is 6.97. The number of hydrogen-bond acceptors (Lipinski definition) is 5. The maximum absolute atomic E-state index is 13.7. The summed E-state index contributed by atoms with van der Waals surface area (Å²) in [7, 11) is 0. The first kappa shape index (κ1) is 22.7. The average Bonchev–Trinajstić information content (AvgIpc) is 3.35. The number of likely N-dealkylation sites (tertiary alicyclic amines) is 1. The second kappa shape index (κ2) is 10.5. The monoisotopic (exact) mass is 456 g/mol. The topological polar surface area (TPSA) is 58.6 Å². The normalized spacial score (nSPS) is 18.9. The van der Waals surface area contributed by atoms with Gasteiger partial charge in [0.15, 0.2) is 0 Å². The van der Waals surface area contributed by atoms with Crippen molar-refractivity contribution in [3.63, 3.8) is 0 Å². The van der Waals surface area contributed by atoms with Gasteiger partial charge in [0.25, 0.3) is 5.91 Å². The Hall–Kier alpha value is -3.09. The standard InChI is InChI=1S/C28H32N4O2/c1-21-6-4-7-22(16-21)17-24-18-29-19-26(30-24)27-10-5-11-32(27)28(33)25-9-3-2-8-23(25)20-31-12-14-34-15-13-31/h2-4,6-9,16,18-19,27H,5,10-15,17,20H2,1H3/t27-/m0/s1. The number of morpholine rings is 1. The van der Waals surface area contributed by atoms with E-state index in [1.165, 1.54) is 11.1 Å². The van der Waals surface area contributed by atoms with E-state index in [9.17, 15) is 4.79 Å². The van der Waals surface area contributed by atoms with Crippen LogP contribution in [-0.4, -0.2) is 58.5 Å². The molecule has 1 amide bonds. The van der Waals surface area contributed by atoms with Crippen LogP contribution in [0, 0.1) is 6.92 Å². The number of rotatable bonds is 6. The van der Waals surface area contributed by atoms with Crippen molar-refractivity contribution >= 4 is 5.91 Å². The minimum absolute atomic E-state index is 0.0334. The molecule has 2 fully saturated rings. The molecule has 0 radical (unpaired) electrons. The molecule has 3 aromatic rings. The lowest BCUT2D eigenvalue weighted by molar-refractivity contribution is 0.0339. The summed E-state index contributed by atoms with van der Waals surface area (Å²) < 4.78 is 5.48. The van der Waals surface area contributed by atoms with E-state index in [0.717, 1.165) is 81.2 Å². The molecule has 0 spiro atoms. The maximum atomic E-state index is 13.7. The van der Waals surface area contributed by atoms with E-state index in [1.807, 2.05) is 35.5 Å². The van der Waals surface area contributed by atoms with Crippen molar-refractivity contribution in [2.45, 2.75) is 38.8 Å². The molecule has 6 nitrogen and oxygen atoms in total. The second-order valence-electron chi connectivity index (χ2n) is 9.30. The number of aromatic nitrogens is 2. The van der Waals surface area contributed by atoms with Crippen molar-refractivity contribution in [3.8, 4) is 0 Å². The van der Waals surface area contributed by atoms with E-state index in [0.29, 0.717) is 0 Å². The Labute approximate surface area is 201 Å². The molecule has 0 saturated carbocycles. The molecule has 2 aromatic carbocycles. The number of hydrogen-bond donors (Lipinski definition) is 0. The molecule has 0 unspecified atom stereocenters. The summed E-state index contributed by atoms with van der Waals surface area (Å²) in [5, 5.41) is 0. The average molecular weight is 457 g/mol. The van der Waals surface area contributed by atoms with E-state index in [-0.39, 0.29) is 11.9 Å². The Morgan fingerprint density at radius 2 is 1.91 bits per heavy atom. The highest BCUT2D eigenvalue weighted by molar-refractivity contribution is 5.96. The van der Waals surface area contributed by atoms with Crippen molar-refractivity contribution in [1.29, 1.82) is 0 Å².